The van der Waals surface area contributed by atoms with E-state index in [1.165, 1.54) is 161 Å². The summed E-state index contributed by atoms with van der Waals surface area (Å²) in [5.74, 6) is -0.484. The molecule has 0 rings (SSSR count). The Morgan fingerprint density at radius 1 is 0.492 bits per heavy atom. The minimum atomic E-state index is -0.790. The van der Waals surface area contributed by atoms with E-state index in [-0.39, 0.29) is 24.9 Å². The van der Waals surface area contributed by atoms with Gasteiger partial charge in [0, 0.05) is 6.42 Å². The van der Waals surface area contributed by atoms with Crippen LogP contribution in [0.15, 0.2) is 36.5 Å². The molecule has 0 fully saturated rings. The third kappa shape index (κ3) is 44.5. The van der Waals surface area contributed by atoms with Gasteiger partial charge in [-0.25, -0.2) is 0 Å². The molecule has 0 aliphatic rings. The van der Waals surface area contributed by atoms with Gasteiger partial charge in [0.25, 0.3) is 0 Å². The van der Waals surface area contributed by atoms with Crippen molar-refractivity contribution in [1.29, 1.82) is 0 Å². The van der Waals surface area contributed by atoms with Crippen LogP contribution < -0.4 is 5.32 Å². The summed E-state index contributed by atoms with van der Waals surface area (Å²) >= 11 is 0. The number of allylic oxidation sites excluding steroid dienone is 6. The van der Waals surface area contributed by atoms with E-state index >= 15 is 0 Å². The molecule has 3 unspecified atom stereocenters. The molecule has 1 amide bonds. The van der Waals surface area contributed by atoms with Crippen LogP contribution in [-0.4, -0.2) is 46.9 Å². The van der Waals surface area contributed by atoms with E-state index < -0.39 is 18.2 Å². The van der Waals surface area contributed by atoms with Crippen molar-refractivity contribution in [2.45, 2.75) is 296 Å². The molecule has 0 radical (unpaired) electrons. The molecule has 0 saturated carbocycles. The largest absolute Gasteiger partial charge is 0.462 e. The van der Waals surface area contributed by atoms with Crippen LogP contribution in [0.4, 0.5) is 0 Å². The van der Waals surface area contributed by atoms with E-state index in [0.29, 0.717) is 19.3 Å². The average molecular weight is 858 g/mol. The van der Waals surface area contributed by atoms with Gasteiger partial charge in [-0.3, -0.25) is 9.59 Å². The summed E-state index contributed by atoms with van der Waals surface area (Å²) in [7, 11) is 0. The zero-order valence-corrected chi connectivity index (χ0v) is 40.8. The standard InChI is InChI=1S/C55H103NO5/c1-4-7-10-13-16-19-22-25-27-29-32-35-38-41-44-47-53(58)52(50-57)56-54(59)49-51(46-43-40-37-34-31-24-21-18-15-12-9-6-3)61-55(60)48-45-42-39-36-33-30-28-26-23-20-17-14-11-8-5-2/h9,12,18,20-21,23,51-53,57-58H,4-8,10-11,13-17,19,22,24-50H2,1-3H3,(H,56,59)/b12-9+,21-18+,23-20-. The number of hydrogen-bond donors (Lipinski definition) is 3. The maximum Gasteiger partial charge on any atom is 0.306 e. The second kappa shape index (κ2) is 49.1. The van der Waals surface area contributed by atoms with Crippen molar-refractivity contribution in [3.8, 4) is 0 Å². The number of amides is 1. The molecule has 0 bridgehead atoms. The van der Waals surface area contributed by atoms with Gasteiger partial charge >= 0.3 is 5.97 Å². The predicted octanol–water partition coefficient (Wildman–Crippen LogP) is 16.1. The molecule has 3 atom stereocenters. The smallest absolute Gasteiger partial charge is 0.306 e. The third-order valence-electron chi connectivity index (χ3n) is 12.2. The second-order valence-corrected chi connectivity index (χ2v) is 18.2. The fourth-order valence-electron chi connectivity index (χ4n) is 8.17. The molecule has 0 aliphatic carbocycles. The van der Waals surface area contributed by atoms with E-state index in [1.54, 1.807) is 0 Å². The average Bonchev–Trinajstić information content (AvgIpc) is 3.25. The molecule has 0 spiro atoms. The Morgan fingerprint density at radius 3 is 1.36 bits per heavy atom. The first kappa shape index (κ1) is 59.1. The van der Waals surface area contributed by atoms with E-state index in [2.05, 4.69) is 62.5 Å². The lowest BCUT2D eigenvalue weighted by Gasteiger charge is -2.24. The molecule has 3 N–H and O–H groups in total. The third-order valence-corrected chi connectivity index (χ3v) is 12.2. The lowest BCUT2D eigenvalue weighted by atomic mass is 10.0. The minimum absolute atomic E-state index is 0.0687. The number of carbonyl (C=O) groups is 2. The van der Waals surface area contributed by atoms with Gasteiger partial charge < -0.3 is 20.3 Å². The SMILES string of the molecule is CC/C=C/C/C=C/CCCCCCCC(CC(=O)NC(CO)C(O)CCCCCCCCCCCCCCCCC)OC(=O)CCCCCCCCC/C=C\CCCCCC. The first-order valence-corrected chi connectivity index (χ1v) is 26.7. The number of aliphatic hydroxyl groups is 2. The van der Waals surface area contributed by atoms with Crippen LogP contribution in [0.2, 0.25) is 0 Å². The molecular weight excluding hydrogens is 755 g/mol. The molecule has 0 aromatic heterocycles. The number of carbonyl (C=O) groups excluding carboxylic acids is 2. The van der Waals surface area contributed by atoms with E-state index in [0.717, 1.165) is 70.6 Å². The van der Waals surface area contributed by atoms with Crippen LogP contribution >= 0.6 is 0 Å². The molecule has 0 aliphatic heterocycles. The van der Waals surface area contributed by atoms with Crippen molar-refractivity contribution in [2.75, 3.05) is 6.61 Å². The van der Waals surface area contributed by atoms with E-state index in [1.807, 2.05) is 0 Å². The molecule has 6 heteroatoms. The predicted molar refractivity (Wildman–Crippen MR) is 264 cm³/mol. The zero-order valence-electron chi connectivity index (χ0n) is 40.8. The quantitative estimate of drug-likeness (QED) is 0.0322. The van der Waals surface area contributed by atoms with Gasteiger partial charge in [0.05, 0.1) is 25.2 Å². The van der Waals surface area contributed by atoms with Crippen molar-refractivity contribution in [2.24, 2.45) is 0 Å². The van der Waals surface area contributed by atoms with Gasteiger partial charge in [0.2, 0.25) is 5.91 Å². The molecular formula is C55H103NO5. The Morgan fingerprint density at radius 2 is 0.885 bits per heavy atom. The highest BCUT2D eigenvalue weighted by molar-refractivity contribution is 5.77. The summed E-state index contributed by atoms with van der Waals surface area (Å²) in [5, 5.41) is 23.8. The van der Waals surface area contributed by atoms with Gasteiger partial charge in [-0.1, -0.05) is 224 Å². The highest BCUT2D eigenvalue weighted by atomic mass is 16.5. The van der Waals surface area contributed by atoms with Gasteiger partial charge in [0.1, 0.15) is 6.10 Å². The van der Waals surface area contributed by atoms with Crippen LogP contribution in [0, 0.1) is 0 Å². The molecule has 0 aromatic carbocycles. The van der Waals surface area contributed by atoms with E-state index in [9.17, 15) is 19.8 Å². The lowest BCUT2D eigenvalue weighted by molar-refractivity contribution is -0.151. The second-order valence-electron chi connectivity index (χ2n) is 18.2. The van der Waals surface area contributed by atoms with Crippen LogP contribution in [0.25, 0.3) is 0 Å². The fourth-order valence-corrected chi connectivity index (χ4v) is 8.17. The molecule has 0 aromatic rings. The van der Waals surface area contributed by atoms with Crippen LogP contribution in [0.3, 0.4) is 0 Å². The van der Waals surface area contributed by atoms with Gasteiger partial charge in [0.15, 0.2) is 0 Å². The Hall–Kier alpha value is -1.92. The molecule has 0 saturated heterocycles. The topological polar surface area (TPSA) is 95.9 Å². The zero-order chi connectivity index (χ0) is 44.5. The first-order chi connectivity index (χ1) is 30.0. The van der Waals surface area contributed by atoms with Gasteiger partial charge in [-0.15, -0.1) is 0 Å². The van der Waals surface area contributed by atoms with Crippen LogP contribution in [0.5, 0.6) is 0 Å². The minimum Gasteiger partial charge on any atom is -0.462 e. The number of aliphatic hydroxyl groups excluding tert-OH is 2. The van der Waals surface area contributed by atoms with Crippen molar-refractivity contribution >= 4 is 11.9 Å². The van der Waals surface area contributed by atoms with E-state index in [4.69, 9.17) is 4.74 Å². The Kier molecular flexibility index (Phi) is 47.6. The lowest BCUT2D eigenvalue weighted by Crippen LogP contribution is -2.46. The Bertz CT molecular complexity index is 1010. The van der Waals surface area contributed by atoms with Crippen LogP contribution in [-0.2, 0) is 14.3 Å². The number of nitrogens with one attached hydrogen (secondary N) is 1. The molecule has 0 heterocycles. The summed E-state index contributed by atoms with van der Waals surface area (Å²) < 4.78 is 5.93. The monoisotopic (exact) mass is 858 g/mol. The summed E-state index contributed by atoms with van der Waals surface area (Å²) in [6, 6.07) is -0.705. The number of rotatable bonds is 48. The maximum atomic E-state index is 13.2. The van der Waals surface area contributed by atoms with Crippen molar-refractivity contribution in [3.05, 3.63) is 36.5 Å². The number of unbranched alkanes of at least 4 members (excludes halogenated alkanes) is 30. The molecule has 61 heavy (non-hydrogen) atoms. The summed E-state index contributed by atoms with van der Waals surface area (Å²) in [5.41, 5.74) is 0. The summed E-state index contributed by atoms with van der Waals surface area (Å²) in [6.45, 7) is 6.38. The Balaban J connectivity index is 4.52. The number of esters is 1. The van der Waals surface area contributed by atoms with Gasteiger partial charge in [-0.05, 0) is 77.0 Å². The highest BCUT2D eigenvalue weighted by Crippen LogP contribution is 2.18. The fraction of sp³-hybridized carbons (Fsp3) is 0.855. The first-order valence-electron chi connectivity index (χ1n) is 26.7. The number of ether oxygens (including phenoxy) is 1. The highest BCUT2D eigenvalue weighted by Gasteiger charge is 2.24. The summed E-state index contributed by atoms with van der Waals surface area (Å²) in [6.07, 6.45) is 57.8. The molecule has 358 valence electrons. The maximum absolute atomic E-state index is 13.2. The molecule has 6 nitrogen and oxygen atoms in total. The van der Waals surface area contributed by atoms with Crippen LogP contribution in [0.1, 0.15) is 278 Å². The normalized spacial score (nSPS) is 13.5. The van der Waals surface area contributed by atoms with Crippen molar-refractivity contribution in [1.82, 2.24) is 5.32 Å². The van der Waals surface area contributed by atoms with Crippen molar-refractivity contribution in [3.63, 3.8) is 0 Å². The van der Waals surface area contributed by atoms with Crippen molar-refractivity contribution < 1.29 is 24.5 Å². The summed E-state index contributed by atoms with van der Waals surface area (Å²) in [4.78, 5) is 26.2. The Labute approximate surface area is 379 Å². The van der Waals surface area contributed by atoms with Gasteiger partial charge in [-0.2, -0.15) is 0 Å². The number of hydrogen-bond acceptors (Lipinski definition) is 5.